The second-order valence-electron chi connectivity index (χ2n) is 22.0. The van der Waals surface area contributed by atoms with Crippen LogP contribution in [0, 0.1) is 0 Å². The van der Waals surface area contributed by atoms with E-state index in [1.807, 2.05) is 0 Å². The molecule has 1 aliphatic heterocycles. The SMILES string of the molecule is CC/C=C\C/C=C\C/C=C\C/C=C\C/C=C\CCCCCC(=O)OCC(COC1OC(C(=O)O)C(O)C(O)C1OC(=O)CCCCCCCCC/C=C\CCCCCCCC)OC(=O)CCCCCCCCC/C=C\C/C=C\C/C=C\CC. The first kappa shape index (κ1) is 76.4. The molecule has 0 aliphatic carbocycles. The van der Waals surface area contributed by atoms with Crippen molar-refractivity contribution in [3.63, 3.8) is 0 Å². The first-order chi connectivity index (χ1) is 40.6. The number of allylic oxidation sites excluding steroid dienone is 18. The normalized spacial score (nSPS) is 18.3. The minimum Gasteiger partial charge on any atom is -0.479 e. The average molecular weight is 1160 g/mol. The summed E-state index contributed by atoms with van der Waals surface area (Å²) < 4.78 is 28.5. The van der Waals surface area contributed by atoms with Crippen LogP contribution < -0.4 is 0 Å². The predicted molar refractivity (Wildman–Crippen MR) is 340 cm³/mol. The third-order valence-electron chi connectivity index (χ3n) is 14.3. The van der Waals surface area contributed by atoms with E-state index in [1.54, 1.807) is 0 Å². The van der Waals surface area contributed by atoms with Crippen LogP contribution in [-0.4, -0.2) is 89.2 Å². The van der Waals surface area contributed by atoms with E-state index >= 15 is 0 Å². The van der Waals surface area contributed by atoms with Gasteiger partial charge >= 0.3 is 23.9 Å². The first-order valence-corrected chi connectivity index (χ1v) is 32.9. The quantitative estimate of drug-likeness (QED) is 0.0228. The molecule has 12 heteroatoms. The molecular formula is C71H116O12. The lowest BCUT2D eigenvalue weighted by atomic mass is 9.98. The highest BCUT2D eigenvalue weighted by atomic mass is 16.7. The second kappa shape index (κ2) is 57.8. The van der Waals surface area contributed by atoms with Crippen molar-refractivity contribution < 1.29 is 58.2 Å². The van der Waals surface area contributed by atoms with Crippen molar-refractivity contribution in [2.75, 3.05) is 13.2 Å². The van der Waals surface area contributed by atoms with Crippen molar-refractivity contribution in [1.29, 1.82) is 0 Å². The lowest BCUT2D eigenvalue weighted by Crippen LogP contribution is -2.61. The molecule has 6 atom stereocenters. The van der Waals surface area contributed by atoms with Gasteiger partial charge in [-0.1, -0.05) is 233 Å². The summed E-state index contributed by atoms with van der Waals surface area (Å²) in [5, 5.41) is 31.6. The molecule has 0 aromatic heterocycles. The molecule has 1 aliphatic rings. The minimum atomic E-state index is -1.92. The number of hydrogen-bond acceptors (Lipinski definition) is 11. The summed E-state index contributed by atoms with van der Waals surface area (Å²) in [4.78, 5) is 51.4. The number of esters is 3. The molecule has 1 saturated heterocycles. The Hall–Kier alpha value is -4.62. The summed E-state index contributed by atoms with van der Waals surface area (Å²) in [6.07, 6.45) is 66.1. The van der Waals surface area contributed by atoms with Gasteiger partial charge in [0.2, 0.25) is 0 Å². The maximum atomic E-state index is 13.2. The van der Waals surface area contributed by atoms with Crippen molar-refractivity contribution in [2.45, 2.75) is 302 Å². The molecule has 0 aromatic carbocycles. The molecule has 0 spiro atoms. The molecule has 83 heavy (non-hydrogen) atoms. The van der Waals surface area contributed by atoms with Gasteiger partial charge in [-0.05, 0) is 122 Å². The summed E-state index contributed by atoms with van der Waals surface area (Å²) in [5.41, 5.74) is 0. The molecule has 0 amide bonds. The summed E-state index contributed by atoms with van der Waals surface area (Å²) in [5.74, 6) is -3.18. The van der Waals surface area contributed by atoms with Gasteiger partial charge in [0.05, 0.1) is 6.61 Å². The molecular weight excluding hydrogens is 1040 g/mol. The summed E-state index contributed by atoms with van der Waals surface area (Å²) in [6.45, 7) is 5.75. The molecule has 1 heterocycles. The van der Waals surface area contributed by atoms with E-state index in [-0.39, 0.29) is 25.9 Å². The van der Waals surface area contributed by atoms with Crippen LogP contribution in [-0.2, 0) is 42.9 Å². The van der Waals surface area contributed by atoms with Crippen LogP contribution in [0.2, 0.25) is 0 Å². The zero-order valence-electron chi connectivity index (χ0n) is 52.2. The lowest BCUT2D eigenvalue weighted by Gasteiger charge is -2.40. The van der Waals surface area contributed by atoms with Crippen LogP contribution in [0.15, 0.2) is 109 Å². The van der Waals surface area contributed by atoms with Crippen molar-refractivity contribution in [1.82, 2.24) is 0 Å². The fourth-order valence-electron chi connectivity index (χ4n) is 9.34. The Kier molecular flexibility index (Phi) is 53.2. The second-order valence-corrected chi connectivity index (χ2v) is 22.0. The summed E-state index contributed by atoms with van der Waals surface area (Å²) >= 11 is 0. The van der Waals surface area contributed by atoms with Crippen molar-refractivity contribution in [3.8, 4) is 0 Å². The van der Waals surface area contributed by atoms with E-state index in [2.05, 4.69) is 130 Å². The fourth-order valence-corrected chi connectivity index (χ4v) is 9.34. The molecule has 1 fully saturated rings. The van der Waals surface area contributed by atoms with Crippen LogP contribution in [0.25, 0.3) is 0 Å². The minimum absolute atomic E-state index is 0.0467. The molecule has 0 aromatic rings. The van der Waals surface area contributed by atoms with Crippen molar-refractivity contribution >= 4 is 23.9 Å². The number of carbonyl (C=O) groups excluding carboxylic acids is 3. The number of hydrogen-bond donors (Lipinski definition) is 3. The largest absolute Gasteiger partial charge is 0.479 e. The number of carboxylic acid groups (broad SMARTS) is 1. The topological polar surface area (TPSA) is 175 Å². The Morgan fingerprint density at radius 1 is 0.410 bits per heavy atom. The fraction of sp³-hybridized carbons (Fsp3) is 0.690. The molecule has 0 saturated carbocycles. The Morgan fingerprint density at radius 2 is 0.759 bits per heavy atom. The molecule has 12 nitrogen and oxygen atoms in total. The molecule has 0 bridgehead atoms. The van der Waals surface area contributed by atoms with Gasteiger partial charge in [-0.2, -0.15) is 0 Å². The highest BCUT2D eigenvalue weighted by Crippen LogP contribution is 2.26. The number of carboxylic acids is 1. The average Bonchev–Trinajstić information content (AvgIpc) is 3.59. The Bertz CT molecular complexity index is 1860. The molecule has 3 N–H and O–H groups in total. The summed E-state index contributed by atoms with van der Waals surface area (Å²) in [7, 11) is 0. The summed E-state index contributed by atoms with van der Waals surface area (Å²) in [6, 6.07) is 0. The van der Waals surface area contributed by atoms with E-state index in [4.69, 9.17) is 23.7 Å². The molecule has 0 radical (unpaired) electrons. The van der Waals surface area contributed by atoms with E-state index in [0.29, 0.717) is 19.3 Å². The number of ether oxygens (including phenoxy) is 5. The molecule has 472 valence electrons. The van der Waals surface area contributed by atoms with Gasteiger partial charge in [0, 0.05) is 19.3 Å². The van der Waals surface area contributed by atoms with E-state index < -0.39 is 67.3 Å². The van der Waals surface area contributed by atoms with Crippen LogP contribution >= 0.6 is 0 Å². The van der Waals surface area contributed by atoms with Gasteiger partial charge in [-0.15, -0.1) is 0 Å². The number of aliphatic hydroxyl groups is 2. The third kappa shape index (κ3) is 47.3. The Labute approximate surface area is 504 Å². The monoisotopic (exact) mass is 1160 g/mol. The van der Waals surface area contributed by atoms with Crippen molar-refractivity contribution in [2.24, 2.45) is 0 Å². The van der Waals surface area contributed by atoms with Gasteiger partial charge in [-0.3, -0.25) is 14.4 Å². The van der Waals surface area contributed by atoms with Crippen molar-refractivity contribution in [3.05, 3.63) is 109 Å². The number of aliphatic carboxylic acids is 1. The van der Waals surface area contributed by atoms with Gasteiger partial charge in [0.1, 0.15) is 18.8 Å². The molecule has 1 rings (SSSR count). The van der Waals surface area contributed by atoms with E-state index in [9.17, 15) is 34.5 Å². The van der Waals surface area contributed by atoms with Crippen LogP contribution in [0.5, 0.6) is 0 Å². The maximum absolute atomic E-state index is 13.2. The maximum Gasteiger partial charge on any atom is 0.335 e. The van der Waals surface area contributed by atoms with Crippen LogP contribution in [0.4, 0.5) is 0 Å². The van der Waals surface area contributed by atoms with Crippen LogP contribution in [0.1, 0.15) is 265 Å². The number of unbranched alkanes of at least 4 members (excludes halogenated alkanes) is 23. The van der Waals surface area contributed by atoms with Crippen LogP contribution in [0.3, 0.4) is 0 Å². The predicted octanol–water partition coefficient (Wildman–Crippen LogP) is 17.8. The van der Waals surface area contributed by atoms with E-state index in [1.165, 1.54) is 51.4 Å². The number of aliphatic hydroxyl groups excluding tert-OH is 2. The smallest absolute Gasteiger partial charge is 0.335 e. The standard InChI is InChI=1S/C71H116O12/c1-4-7-10-13-16-19-22-25-28-31-32-35-36-39-42-45-48-51-54-57-63(72)79-60-62(81-64(73)58-55-52-49-46-43-40-37-33-29-26-23-20-17-14-11-8-5-2)61-80-71-69(67(76)66(75)68(83-71)70(77)78)82-65(74)59-56-53-50-47-44-41-38-34-30-27-24-21-18-15-12-9-6-3/h7-8,10-11,16-17,19-20,25-30,32,35,39,42,62,66-69,71,75-76H,4-6,9,12-15,18,21-24,31,33-34,36-38,40-41,43-61H2,1-3H3,(H,77,78)/b10-7-,11-8-,19-16-,20-17-,28-25-,29-26-,30-27-,35-32-,42-39-. The van der Waals surface area contributed by atoms with E-state index in [0.717, 1.165) is 154 Å². The Morgan fingerprint density at radius 3 is 1.18 bits per heavy atom. The first-order valence-electron chi connectivity index (χ1n) is 32.9. The van der Waals surface area contributed by atoms with Gasteiger partial charge in [0.25, 0.3) is 0 Å². The zero-order chi connectivity index (χ0) is 60.3. The van der Waals surface area contributed by atoms with Gasteiger partial charge in [-0.25, -0.2) is 4.79 Å². The lowest BCUT2D eigenvalue weighted by molar-refractivity contribution is -0.301. The number of rotatable bonds is 55. The highest BCUT2D eigenvalue weighted by molar-refractivity contribution is 5.74. The third-order valence-corrected chi connectivity index (χ3v) is 14.3. The van der Waals surface area contributed by atoms with Gasteiger partial charge in [0.15, 0.2) is 24.6 Å². The highest BCUT2D eigenvalue weighted by Gasteiger charge is 2.50. The number of carbonyl (C=O) groups is 4. The Balaban J connectivity index is 2.70. The van der Waals surface area contributed by atoms with Gasteiger partial charge < -0.3 is 39.0 Å². The molecule has 6 unspecified atom stereocenters. The zero-order valence-corrected chi connectivity index (χ0v) is 52.2.